The molecule has 0 saturated heterocycles. The number of benzene rings is 2. The predicted molar refractivity (Wildman–Crippen MR) is 111 cm³/mol. The van der Waals surface area contributed by atoms with Gasteiger partial charge in [0.1, 0.15) is 0 Å². The average Bonchev–Trinajstić information content (AvgIpc) is 2.75. The van der Waals surface area contributed by atoms with E-state index in [0.717, 1.165) is 16.7 Å². The summed E-state index contributed by atoms with van der Waals surface area (Å²) in [4.78, 5) is 24.0. The minimum Gasteiger partial charge on any atom is -0.481 e. The fourth-order valence-corrected chi connectivity index (χ4v) is 3.71. The minimum absolute atomic E-state index is 0.0427. The monoisotopic (exact) mass is 508 g/mol. The summed E-state index contributed by atoms with van der Waals surface area (Å²) in [6, 6.07) is 3.34. The zero-order valence-corrected chi connectivity index (χ0v) is 18.1. The van der Waals surface area contributed by atoms with Gasteiger partial charge in [-0.1, -0.05) is 19.4 Å². The molecule has 1 aromatic heterocycles. The first kappa shape index (κ1) is 26.3. The Morgan fingerprint density at radius 1 is 1.03 bits per heavy atom. The number of fused-ring (bicyclic) bond motifs is 3. The van der Waals surface area contributed by atoms with Gasteiger partial charge >= 0.3 is 12.4 Å². The van der Waals surface area contributed by atoms with Crippen LogP contribution in [0.15, 0.2) is 35.1 Å². The first-order valence-electron chi connectivity index (χ1n) is 10.2. The van der Waals surface area contributed by atoms with Crippen LogP contribution in [0.3, 0.4) is 0 Å². The molecule has 0 aliphatic heterocycles. The number of carbonyl (C=O) groups is 1. The molecule has 3 N–H and O–H groups in total. The molecule has 1 heterocycles. The van der Waals surface area contributed by atoms with Crippen LogP contribution in [0.2, 0.25) is 0 Å². The summed E-state index contributed by atoms with van der Waals surface area (Å²) < 4.78 is 101. The zero-order valence-electron chi connectivity index (χ0n) is 18.1. The first-order chi connectivity index (χ1) is 16.1. The van der Waals surface area contributed by atoms with Crippen molar-refractivity contribution in [2.75, 3.05) is 6.61 Å². The maximum atomic E-state index is 14.6. The lowest BCUT2D eigenvalue weighted by atomic mass is 9.90. The number of hydrogen-bond acceptors (Lipinski definition) is 4. The molecular weight excluding hydrogens is 489 g/mol. The van der Waals surface area contributed by atoms with E-state index < -0.39 is 53.2 Å². The highest BCUT2D eigenvalue weighted by Gasteiger charge is 2.71. The normalized spacial score (nSPS) is 12.9. The Morgan fingerprint density at radius 2 is 1.66 bits per heavy atom. The van der Waals surface area contributed by atoms with Gasteiger partial charge in [-0.2, -0.15) is 26.3 Å². The number of nitrogens with zero attached hydrogens (tertiary/aromatic N) is 1. The average molecular weight is 508 g/mol. The fourth-order valence-electron chi connectivity index (χ4n) is 3.71. The molecule has 190 valence electrons. The number of alkyl halides is 6. The molecule has 0 radical (unpaired) electrons. The molecule has 0 fully saturated rings. The summed E-state index contributed by atoms with van der Waals surface area (Å²) in [5.41, 5.74) is -2.59. The summed E-state index contributed by atoms with van der Waals surface area (Å²) in [5.74, 6) is -2.68. The van der Waals surface area contributed by atoms with Gasteiger partial charge in [-0.05, 0) is 30.7 Å². The first-order valence-corrected chi connectivity index (χ1v) is 10.2. The molecule has 0 atom stereocenters. The van der Waals surface area contributed by atoms with Crippen LogP contribution in [0.25, 0.3) is 21.7 Å². The maximum absolute atomic E-state index is 14.6. The number of pyridine rings is 1. The van der Waals surface area contributed by atoms with Crippen molar-refractivity contribution >= 4 is 27.6 Å². The van der Waals surface area contributed by atoms with Crippen molar-refractivity contribution in [1.29, 1.82) is 0 Å². The number of halogens is 7. The third-order valence-electron chi connectivity index (χ3n) is 5.47. The Morgan fingerprint density at radius 3 is 2.20 bits per heavy atom. The van der Waals surface area contributed by atoms with E-state index in [2.05, 4.69) is 0 Å². The number of rotatable bonds is 7. The molecule has 1 amide bonds. The van der Waals surface area contributed by atoms with E-state index in [1.807, 2.05) is 0 Å². The molecule has 35 heavy (non-hydrogen) atoms. The van der Waals surface area contributed by atoms with E-state index in [9.17, 15) is 45.4 Å². The van der Waals surface area contributed by atoms with Gasteiger partial charge in [0.2, 0.25) is 0 Å². The van der Waals surface area contributed by atoms with Gasteiger partial charge in [0.05, 0.1) is 10.9 Å². The van der Waals surface area contributed by atoms with Gasteiger partial charge in [-0.15, -0.1) is 0 Å². The topological polar surface area (TPSA) is 94.5 Å². The van der Waals surface area contributed by atoms with E-state index in [-0.39, 0.29) is 28.2 Å². The van der Waals surface area contributed by atoms with Gasteiger partial charge in [0, 0.05) is 22.9 Å². The van der Waals surface area contributed by atoms with Crippen molar-refractivity contribution in [3.63, 3.8) is 0 Å². The summed E-state index contributed by atoms with van der Waals surface area (Å²) in [6.45, 7) is 1.06. The molecule has 13 heteroatoms. The number of aryl methyl sites for hydroxylation is 1. The number of hydrogen-bond donors (Lipinski definition) is 2. The van der Waals surface area contributed by atoms with Crippen LogP contribution in [0, 0.1) is 5.82 Å². The number of amides is 1. The second-order valence-corrected chi connectivity index (χ2v) is 7.83. The molecule has 2 aromatic carbocycles. The van der Waals surface area contributed by atoms with Crippen molar-refractivity contribution in [2.24, 2.45) is 5.73 Å². The second kappa shape index (κ2) is 9.02. The van der Waals surface area contributed by atoms with Gasteiger partial charge in [-0.3, -0.25) is 9.59 Å². The van der Waals surface area contributed by atoms with Crippen molar-refractivity contribution in [3.8, 4) is 5.75 Å². The van der Waals surface area contributed by atoms with Crippen molar-refractivity contribution < 1.29 is 45.4 Å². The van der Waals surface area contributed by atoms with Crippen LogP contribution in [0.4, 0.5) is 30.7 Å². The predicted octanol–water partition coefficient (Wildman–Crippen LogP) is 4.27. The molecule has 0 unspecified atom stereocenters. The van der Waals surface area contributed by atoms with Crippen molar-refractivity contribution in [1.82, 2.24) is 4.57 Å². The largest absolute Gasteiger partial charge is 0.481 e. The molecule has 0 spiro atoms. The van der Waals surface area contributed by atoms with Crippen molar-refractivity contribution in [3.05, 3.63) is 52.1 Å². The third-order valence-corrected chi connectivity index (χ3v) is 5.47. The highest BCUT2D eigenvalue weighted by Crippen LogP contribution is 2.50. The molecule has 0 aliphatic rings. The summed E-state index contributed by atoms with van der Waals surface area (Å²) >= 11 is 0. The lowest BCUT2D eigenvalue weighted by molar-refractivity contribution is -0.376. The van der Waals surface area contributed by atoms with Crippen LogP contribution >= 0.6 is 0 Å². The zero-order chi connectivity index (χ0) is 26.3. The van der Waals surface area contributed by atoms with Gasteiger partial charge in [0.25, 0.3) is 17.1 Å². The number of carbonyl (C=O) groups excluding carboxylic acids is 1. The van der Waals surface area contributed by atoms with E-state index in [4.69, 9.17) is 10.5 Å². The van der Waals surface area contributed by atoms with Crippen LogP contribution < -0.4 is 16.0 Å². The van der Waals surface area contributed by atoms with Gasteiger partial charge in [-0.25, -0.2) is 4.39 Å². The Balaban J connectivity index is 2.45. The Kier molecular flexibility index (Phi) is 6.77. The highest BCUT2D eigenvalue weighted by atomic mass is 19.4. The SMILES string of the molecule is CCCCn1c(=O)c2cc(F)c(OCC(N)=O)cc2c2cc(C(O)(C(F)(F)F)C(F)(F)F)ccc21. The number of nitrogens with two attached hydrogens (primary N) is 1. The Bertz CT molecular complexity index is 1330. The lowest BCUT2D eigenvalue weighted by Crippen LogP contribution is -2.53. The number of unbranched alkanes of at least 4 members (excludes halogenated alkanes) is 1. The third kappa shape index (κ3) is 4.51. The highest BCUT2D eigenvalue weighted by molar-refractivity contribution is 6.06. The number of aliphatic hydroxyl groups is 1. The minimum atomic E-state index is -6.13. The molecule has 3 aromatic rings. The summed E-state index contributed by atoms with van der Waals surface area (Å²) in [7, 11) is 0. The summed E-state index contributed by atoms with van der Waals surface area (Å²) in [6.07, 6.45) is -11.2. The van der Waals surface area contributed by atoms with Crippen LogP contribution in [0.1, 0.15) is 25.3 Å². The van der Waals surface area contributed by atoms with Gasteiger partial charge in [0.15, 0.2) is 18.2 Å². The van der Waals surface area contributed by atoms with Crippen LogP contribution in [0.5, 0.6) is 5.75 Å². The quantitative estimate of drug-likeness (QED) is 0.368. The second-order valence-electron chi connectivity index (χ2n) is 7.83. The van der Waals surface area contributed by atoms with E-state index in [1.54, 1.807) is 6.92 Å². The van der Waals surface area contributed by atoms with Crippen LogP contribution in [-0.4, -0.2) is 34.5 Å². The van der Waals surface area contributed by atoms with E-state index >= 15 is 0 Å². The molecular formula is C22H19F7N2O4. The summed E-state index contributed by atoms with van der Waals surface area (Å²) in [5, 5.41) is 8.95. The Labute approximate surface area is 192 Å². The van der Waals surface area contributed by atoms with Crippen LogP contribution in [-0.2, 0) is 16.9 Å². The molecule has 0 bridgehead atoms. The number of ether oxygens (including phenoxy) is 1. The fraction of sp³-hybridized carbons (Fsp3) is 0.364. The molecule has 6 nitrogen and oxygen atoms in total. The van der Waals surface area contributed by atoms with E-state index in [1.165, 1.54) is 0 Å². The number of primary amides is 1. The lowest BCUT2D eigenvalue weighted by Gasteiger charge is -2.33. The standard InChI is InChI=1S/C22H19F7N2O4/c1-2-3-6-31-16-5-4-11(20(34,21(24,25)26)22(27,28)29)7-13(16)12-9-17(35-10-18(30)32)15(23)8-14(12)19(31)33/h4-5,7-9,34H,2-3,6,10H2,1H3,(H2,30,32). The maximum Gasteiger partial charge on any atom is 0.430 e. The molecule has 0 saturated carbocycles. The van der Waals surface area contributed by atoms with E-state index in [0.29, 0.717) is 31.0 Å². The molecule has 0 aliphatic carbocycles. The Hall–Kier alpha value is -3.35. The molecule has 3 rings (SSSR count). The smallest absolute Gasteiger partial charge is 0.430 e. The van der Waals surface area contributed by atoms with Gasteiger partial charge < -0.3 is 20.1 Å². The van der Waals surface area contributed by atoms with Crippen molar-refractivity contribution in [2.45, 2.75) is 44.3 Å². The number of aromatic nitrogens is 1.